The fraction of sp³-hybridized carbons (Fsp3) is 0.310. The van der Waals surface area contributed by atoms with Gasteiger partial charge >= 0.3 is 5.97 Å². The number of hydrogen-bond donors (Lipinski definition) is 1. The first-order valence-electron chi connectivity index (χ1n) is 12.6. The van der Waals surface area contributed by atoms with Crippen molar-refractivity contribution < 1.29 is 22.7 Å². The van der Waals surface area contributed by atoms with Crippen LogP contribution in [0.25, 0.3) is 0 Å². The molecule has 1 heterocycles. The molecule has 1 saturated heterocycles. The first-order chi connectivity index (χ1) is 18.3. The van der Waals surface area contributed by atoms with Gasteiger partial charge in [-0.3, -0.25) is 9.59 Å². The number of nitrogens with one attached hydrogen (secondary N) is 1. The maximum absolute atomic E-state index is 14.4. The molecule has 4 atom stereocenters. The summed E-state index contributed by atoms with van der Waals surface area (Å²) in [6.07, 6.45) is 2.07. The van der Waals surface area contributed by atoms with Gasteiger partial charge in [0.2, 0.25) is 15.9 Å². The van der Waals surface area contributed by atoms with Gasteiger partial charge in [0, 0.05) is 16.9 Å². The van der Waals surface area contributed by atoms with Crippen LogP contribution in [-0.2, 0) is 24.3 Å². The Labute approximate surface area is 231 Å². The molecule has 0 aromatic heterocycles. The number of esters is 1. The highest BCUT2D eigenvalue weighted by molar-refractivity contribution is 9.10. The number of nitrogens with zero attached hydrogens (tertiary/aromatic N) is 1. The third kappa shape index (κ3) is 5.15. The Hall–Kier alpha value is -3.01. The van der Waals surface area contributed by atoms with E-state index in [2.05, 4.69) is 21.2 Å². The summed E-state index contributed by atoms with van der Waals surface area (Å²) in [5.41, 5.74) is 1.31. The molecule has 1 N–H and O–H groups in total. The highest BCUT2D eigenvalue weighted by Gasteiger charge is 2.60. The van der Waals surface area contributed by atoms with Crippen LogP contribution < -0.4 is 5.32 Å². The molecule has 1 saturated carbocycles. The number of carbonyl (C=O) groups is 2. The number of methoxy groups -OCH3 is 1. The maximum atomic E-state index is 14.4. The summed E-state index contributed by atoms with van der Waals surface area (Å²) in [6.45, 7) is 0.474. The largest absolute Gasteiger partial charge is 0.469 e. The minimum absolute atomic E-state index is 0.0407. The molecule has 7 nitrogen and oxygen atoms in total. The zero-order valence-electron chi connectivity index (χ0n) is 20.9. The van der Waals surface area contributed by atoms with E-state index in [1.54, 1.807) is 36.4 Å². The van der Waals surface area contributed by atoms with E-state index >= 15 is 0 Å². The van der Waals surface area contributed by atoms with Crippen LogP contribution in [0.4, 0.5) is 0 Å². The number of hydrogen-bond acceptors (Lipinski definition) is 5. The number of ether oxygens (including phenoxy) is 1. The molecule has 198 valence electrons. The van der Waals surface area contributed by atoms with Crippen molar-refractivity contribution in [3.8, 4) is 0 Å². The number of halogens is 1. The SMILES string of the molecule is COC(=O)C1C(c2ccccc2)C(C(=O)NCC2CC2)N(S(=O)(=O)c2ccc(Br)cc2)C1c1ccccc1. The lowest BCUT2D eigenvalue weighted by Crippen LogP contribution is -2.49. The van der Waals surface area contributed by atoms with Gasteiger partial charge in [-0.25, -0.2) is 8.42 Å². The zero-order valence-corrected chi connectivity index (χ0v) is 23.3. The second-order valence-corrected chi connectivity index (χ2v) is 12.5. The quantitative estimate of drug-likeness (QED) is 0.382. The third-order valence-corrected chi connectivity index (χ3v) is 9.74. The van der Waals surface area contributed by atoms with Gasteiger partial charge in [0.15, 0.2) is 0 Å². The molecule has 5 rings (SSSR count). The van der Waals surface area contributed by atoms with E-state index in [9.17, 15) is 18.0 Å². The summed E-state index contributed by atoms with van der Waals surface area (Å²) < 4.78 is 36.0. The van der Waals surface area contributed by atoms with Crippen LogP contribution in [0.1, 0.15) is 35.9 Å². The topological polar surface area (TPSA) is 92.8 Å². The van der Waals surface area contributed by atoms with Crippen LogP contribution in [0.3, 0.4) is 0 Å². The Morgan fingerprint density at radius 2 is 1.50 bits per heavy atom. The van der Waals surface area contributed by atoms with E-state index in [4.69, 9.17) is 4.74 Å². The molecule has 0 spiro atoms. The number of carbonyl (C=O) groups excluding carboxylic acids is 2. The van der Waals surface area contributed by atoms with Crippen molar-refractivity contribution in [1.82, 2.24) is 9.62 Å². The lowest BCUT2D eigenvalue weighted by atomic mass is 9.80. The molecule has 0 bridgehead atoms. The zero-order chi connectivity index (χ0) is 26.9. The van der Waals surface area contributed by atoms with Crippen LogP contribution in [-0.4, -0.2) is 44.3 Å². The fourth-order valence-electron chi connectivity index (χ4n) is 5.34. The Morgan fingerprint density at radius 1 is 0.921 bits per heavy atom. The highest BCUT2D eigenvalue weighted by Crippen LogP contribution is 2.52. The third-order valence-electron chi connectivity index (χ3n) is 7.33. The van der Waals surface area contributed by atoms with Crippen molar-refractivity contribution >= 4 is 37.8 Å². The molecular formula is C29H29BrN2O5S. The van der Waals surface area contributed by atoms with Crippen LogP contribution in [0.15, 0.2) is 94.3 Å². The second kappa shape index (κ2) is 11.0. The van der Waals surface area contributed by atoms with Crippen molar-refractivity contribution in [3.05, 3.63) is 101 Å². The molecule has 1 aliphatic heterocycles. The average Bonchev–Trinajstić information content (AvgIpc) is 3.70. The predicted molar refractivity (Wildman–Crippen MR) is 147 cm³/mol. The first-order valence-corrected chi connectivity index (χ1v) is 14.8. The van der Waals surface area contributed by atoms with Crippen molar-refractivity contribution in [2.75, 3.05) is 13.7 Å². The van der Waals surface area contributed by atoms with Gasteiger partial charge in [-0.05, 0) is 54.2 Å². The van der Waals surface area contributed by atoms with Gasteiger partial charge in [-0.1, -0.05) is 76.6 Å². The normalized spacial score (nSPS) is 23.6. The molecule has 2 aliphatic rings. The molecule has 1 amide bonds. The van der Waals surface area contributed by atoms with Crippen molar-refractivity contribution in [3.63, 3.8) is 0 Å². The van der Waals surface area contributed by atoms with Gasteiger partial charge in [0.05, 0.1) is 24.0 Å². The molecule has 3 aromatic carbocycles. The standard InChI is InChI=1S/C29H29BrN2O5S/c1-37-29(34)25-24(20-8-4-2-5-9-20)27(28(33)31-18-19-12-13-19)32(26(25)21-10-6-3-7-11-21)38(35,36)23-16-14-22(30)15-17-23/h2-11,14-17,19,24-27H,12-13,18H2,1H3,(H,31,33). The Kier molecular flexibility index (Phi) is 7.70. The highest BCUT2D eigenvalue weighted by atomic mass is 79.9. The van der Waals surface area contributed by atoms with Crippen molar-refractivity contribution in [2.24, 2.45) is 11.8 Å². The minimum Gasteiger partial charge on any atom is -0.469 e. The predicted octanol–water partition coefficient (Wildman–Crippen LogP) is 4.66. The van der Waals surface area contributed by atoms with Crippen LogP contribution in [0, 0.1) is 11.8 Å². The van der Waals surface area contributed by atoms with E-state index in [-0.39, 0.29) is 4.90 Å². The molecule has 38 heavy (non-hydrogen) atoms. The van der Waals surface area contributed by atoms with E-state index in [1.807, 2.05) is 36.4 Å². The van der Waals surface area contributed by atoms with Crippen LogP contribution in [0.2, 0.25) is 0 Å². The van der Waals surface area contributed by atoms with E-state index in [1.165, 1.54) is 23.5 Å². The Morgan fingerprint density at radius 3 is 2.05 bits per heavy atom. The van der Waals surface area contributed by atoms with Gasteiger partial charge in [0.25, 0.3) is 0 Å². The summed E-state index contributed by atoms with van der Waals surface area (Å²) in [5.74, 6) is -2.31. The molecule has 4 unspecified atom stereocenters. The first kappa shape index (κ1) is 26.6. The molecule has 2 fully saturated rings. The molecule has 1 aliphatic carbocycles. The van der Waals surface area contributed by atoms with Gasteiger partial charge < -0.3 is 10.1 Å². The van der Waals surface area contributed by atoms with E-state index in [0.717, 1.165) is 17.3 Å². The van der Waals surface area contributed by atoms with Crippen molar-refractivity contribution in [2.45, 2.75) is 35.7 Å². The molecular weight excluding hydrogens is 568 g/mol. The monoisotopic (exact) mass is 596 g/mol. The summed E-state index contributed by atoms with van der Waals surface area (Å²) in [4.78, 5) is 27.5. The summed E-state index contributed by atoms with van der Waals surface area (Å²) in [6, 6.07) is 22.3. The van der Waals surface area contributed by atoms with Crippen molar-refractivity contribution in [1.29, 1.82) is 0 Å². The summed E-state index contributed by atoms with van der Waals surface area (Å²) in [7, 11) is -2.95. The lowest BCUT2D eigenvalue weighted by Gasteiger charge is -2.30. The Bertz CT molecular complexity index is 1400. The summed E-state index contributed by atoms with van der Waals surface area (Å²) in [5, 5.41) is 2.99. The van der Waals surface area contributed by atoms with Crippen LogP contribution in [0.5, 0.6) is 0 Å². The van der Waals surface area contributed by atoms with Gasteiger partial charge in [-0.2, -0.15) is 4.31 Å². The van der Waals surface area contributed by atoms with Gasteiger partial charge in [-0.15, -0.1) is 0 Å². The summed E-state index contributed by atoms with van der Waals surface area (Å²) >= 11 is 3.36. The molecule has 3 aromatic rings. The number of rotatable bonds is 8. The number of benzene rings is 3. The molecule has 0 radical (unpaired) electrons. The number of sulfonamides is 1. The maximum Gasteiger partial charge on any atom is 0.311 e. The average molecular weight is 598 g/mol. The second-order valence-electron chi connectivity index (χ2n) is 9.76. The number of amides is 1. The smallest absolute Gasteiger partial charge is 0.311 e. The minimum atomic E-state index is -4.24. The van der Waals surface area contributed by atoms with Crippen LogP contribution >= 0.6 is 15.9 Å². The lowest BCUT2D eigenvalue weighted by molar-refractivity contribution is -0.146. The Balaban J connectivity index is 1.74. The van der Waals surface area contributed by atoms with E-state index < -0.39 is 45.8 Å². The van der Waals surface area contributed by atoms with E-state index in [0.29, 0.717) is 23.6 Å². The van der Waals surface area contributed by atoms with Gasteiger partial charge in [0.1, 0.15) is 6.04 Å². The fourth-order valence-corrected chi connectivity index (χ4v) is 7.41. The molecule has 9 heteroatoms.